The van der Waals surface area contributed by atoms with Gasteiger partial charge in [-0.25, -0.2) is 67.9 Å². The van der Waals surface area contributed by atoms with E-state index in [4.69, 9.17) is 131 Å². The van der Waals surface area contributed by atoms with Crippen LogP contribution in [0.25, 0.3) is 41.8 Å². The molecule has 32 heteroatoms. The number of halogens is 6. The molecule has 8 aromatic carbocycles. The van der Waals surface area contributed by atoms with Gasteiger partial charge in [0.05, 0.1) is 26.3 Å². The standard InChI is InChI=1S/4C9H9N.4C6H7.4CN.F6P.5Mn.HNO3.4NO/c2*1-7-4-5-9(10-3)8(2)6-7;2*1-7-5-4-6-8(2)9(7)10-3;4*1-6-4-2-3-5-6;4*1-2;1-7(2,3,4,5)6;;;;;;2-1(3)4;4*1-2/h4*4-6H,1-2H3;4*2-5H,1H3;;;;;;;;;;;(H,2,3,4);;;;/q;;;;9*-1;;4*+2;;4*-1. The van der Waals surface area contributed by atoms with Gasteiger partial charge in [-0.2, -0.15) is 70.8 Å². The third-order valence-corrected chi connectivity index (χ3v) is 9.37. The van der Waals surface area contributed by atoms with Crippen LogP contribution in [0, 0.1) is 186 Å². The molecule has 0 bridgehead atoms. The zero-order valence-corrected chi connectivity index (χ0v) is 60.3. The Morgan fingerprint density at radius 1 is 0.385 bits per heavy atom. The topological polar surface area (TPSA) is 333 Å². The van der Waals surface area contributed by atoms with Crippen LogP contribution in [0.2, 0.25) is 0 Å². The minimum Gasteiger partial charge on any atom is -0.577 e. The van der Waals surface area contributed by atoms with Crippen LogP contribution in [0.3, 0.4) is 0 Å². The van der Waals surface area contributed by atoms with Gasteiger partial charge in [0.2, 0.25) is 0 Å². The molecule has 0 amide bonds. The van der Waals surface area contributed by atoms with Crippen molar-refractivity contribution < 1.29 is 121 Å². The van der Waals surface area contributed by atoms with Crippen LogP contribution < -0.4 is 0 Å². The van der Waals surface area contributed by atoms with Gasteiger partial charge in [-0.05, 0) is 88.8 Å². The molecule has 5 radical (unpaired) electrons. The van der Waals surface area contributed by atoms with Crippen molar-refractivity contribution in [2.45, 2.75) is 83.1 Å². The smallest absolute Gasteiger partial charge is 0.577 e. The molecule has 0 saturated heterocycles. The first-order chi connectivity index (χ1) is 42.7. The summed E-state index contributed by atoms with van der Waals surface area (Å²) in [6, 6.07) is 56.4. The van der Waals surface area contributed by atoms with E-state index in [9.17, 15) is 25.2 Å². The van der Waals surface area contributed by atoms with Crippen LogP contribution in [-0.4, -0.2) is 10.3 Å². The maximum Gasteiger partial charge on any atom is 2.00 e. The summed E-state index contributed by atoms with van der Waals surface area (Å²) in [7, 11) is -10.7. The van der Waals surface area contributed by atoms with E-state index in [1.165, 1.54) is 33.4 Å². The Labute approximate surface area is 611 Å². The molecule has 8 rings (SSSR count). The summed E-state index contributed by atoms with van der Waals surface area (Å²) in [5.41, 5.74) is 40.3. The number of hydrogen-bond donors (Lipinski definition) is 1. The molecule has 0 saturated carbocycles. The van der Waals surface area contributed by atoms with E-state index >= 15 is 0 Å². The third-order valence-electron chi connectivity index (χ3n) is 9.37. The number of nitrogens with zero attached hydrogens (tertiary/aromatic N) is 13. The molecule has 0 fully saturated rings. The van der Waals surface area contributed by atoms with Gasteiger partial charge < -0.3 is 94.5 Å². The van der Waals surface area contributed by atoms with Crippen LogP contribution in [-0.2, 0) is 85.3 Å². The van der Waals surface area contributed by atoms with E-state index in [0.717, 1.165) is 56.1 Å². The molecule has 1 N–H and O–H groups in total. The van der Waals surface area contributed by atoms with E-state index in [1.807, 2.05) is 177 Å². The number of nitroso groups, excluding NO2 is 4. The Bertz CT molecular complexity index is 3040. The molecule has 0 atom stereocenters. The largest absolute Gasteiger partial charge is 2.00 e. The van der Waals surface area contributed by atoms with Crippen molar-refractivity contribution in [1.82, 2.24) is 0 Å². The van der Waals surface area contributed by atoms with Gasteiger partial charge in [-0.3, -0.25) is 0 Å². The van der Waals surface area contributed by atoms with Crippen LogP contribution in [0.4, 0.5) is 47.9 Å². The van der Waals surface area contributed by atoms with E-state index in [-0.39, 0.29) is 85.3 Å². The van der Waals surface area contributed by atoms with Crippen molar-refractivity contribution in [2.24, 2.45) is 0 Å². The predicted molar refractivity (Wildman–Crippen MR) is 345 cm³/mol. The van der Waals surface area contributed by atoms with Gasteiger partial charge in [0.1, 0.15) is 0 Å². The van der Waals surface area contributed by atoms with Crippen LogP contribution >= 0.6 is 7.81 Å². The van der Waals surface area contributed by atoms with Crippen LogP contribution in [0.15, 0.2) is 170 Å². The maximum absolute atomic E-state index is 10.7. The molecule has 0 aliphatic carbocycles. The summed E-state index contributed by atoms with van der Waals surface area (Å²) in [4.78, 5) is 50.9. The Morgan fingerprint density at radius 3 is 0.656 bits per heavy atom. The van der Waals surface area contributed by atoms with Crippen molar-refractivity contribution >= 4 is 30.6 Å². The van der Waals surface area contributed by atoms with Gasteiger partial charge in [0, 0.05) is 17.1 Å². The molecule has 96 heavy (non-hydrogen) atoms. The monoisotopic (exact) mass is 1550 g/mol. The van der Waals surface area contributed by atoms with E-state index in [1.54, 1.807) is 0 Å². The Morgan fingerprint density at radius 2 is 0.562 bits per heavy atom. The Balaban J connectivity index is -0.0000000571. The number of rotatable bonds is 0. The summed E-state index contributed by atoms with van der Waals surface area (Å²) in [6.45, 7) is 70.4. The zero-order chi connectivity index (χ0) is 73.9. The fraction of sp³-hybridized carbons (Fsp3) is 0.188. The number of aryl methyl sites for hydroxylation is 12. The molecule has 0 unspecified atom stereocenters. The Hall–Kier alpha value is -9.59. The average Bonchev–Trinajstić information content (AvgIpc) is 1.25. The molecule has 0 aromatic heterocycles. The van der Waals surface area contributed by atoms with Gasteiger partial charge in [0.15, 0.2) is 22.7 Å². The summed E-state index contributed by atoms with van der Waals surface area (Å²) in [5, 5.41) is 38.6. The van der Waals surface area contributed by atoms with Gasteiger partial charge >= 0.3 is 101 Å². The molecular formula is C64H65F6Mn5N13O7P-5. The third kappa shape index (κ3) is 90.8. The minimum atomic E-state index is -10.7. The molecule has 20 nitrogen and oxygen atoms in total. The maximum atomic E-state index is 9.87. The molecule has 515 valence electrons. The number of para-hydroxylation sites is 2. The van der Waals surface area contributed by atoms with Crippen molar-refractivity contribution in [3.05, 3.63) is 361 Å². The quantitative estimate of drug-likeness (QED) is 0.0371. The summed E-state index contributed by atoms with van der Waals surface area (Å²) in [5.74, 6) is 0. The van der Waals surface area contributed by atoms with Crippen LogP contribution in [0.1, 0.15) is 66.8 Å². The second-order valence-electron chi connectivity index (χ2n) is 16.6. The first-order valence-electron chi connectivity index (χ1n) is 24.3. The molecule has 8 aromatic rings. The van der Waals surface area contributed by atoms with E-state index in [0.29, 0.717) is 0 Å². The summed E-state index contributed by atoms with van der Waals surface area (Å²) < 4.78 is 59.2. The van der Waals surface area contributed by atoms with E-state index in [2.05, 4.69) is 95.6 Å². The first kappa shape index (κ1) is 124. The molecule has 0 spiro atoms. The second kappa shape index (κ2) is 77.9. The molecule has 0 aliphatic rings. The molecule has 0 heterocycles. The average molecular weight is 1550 g/mol. The zero-order valence-electron chi connectivity index (χ0n) is 53.5. The summed E-state index contributed by atoms with van der Waals surface area (Å²) >= 11 is 0. The first-order valence-corrected chi connectivity index (χ1v) is 26.3. The van der Waals surface area contributed by atoms with Crippen LogP contribution in [0.5, 0.6) is 0 Å². The van der Waals surface area contributed by atoms with Crippen molar-refractivity contribution in [3.63, 3.8) is 0 Å². The predicted octanol–water partition coefficient (Wildman–Crippen LogP) is 23.0. The summed E-state index contributed by atoms with van der Waals surface area (Å²) in [6.07, 6.45) is 0. The second-order valence-corrected chi connectivity index (χ2v) is 18.5. The van der Waals surface area contributed by atoms with Gasteiger partial charge in [0.25, 0.3) is 5.09 Å². The molecule has 0 aliphatic heterocycles. The van der Waals surface area contributed by atoms with Crippen molar-refractivity contribution in [2.75, 3.05) is 0 Å². The van der Waals surface area contributed by atoms with Crippen molar-refractivity contribution in [1.29, 1.82) is 21.0 Å². The molecular weight excluding hydrogens is 1480 g/mol. The fourth-order valence-electron chi connectivity index (χ4n) is 5.71. The Kier molecular flexibility index (Phi) is 100. The minimum absolute atomic E-state index is 0. The van der Waals surface area contributed by atoms with Gasteiger partial charge in [-0.1, -0.05) is 112 Å². The van der Waals surface area contributed by atoms with Gasteiger partial charge in [-0.15, -0.1) is 10.1 Å². The normalized spacial score (nSPS) is 8.10. The van der Waals surface area contributed by atoms with E-state index < -0.39 is 12.9 Å². The van der Waals surface area contributed by atoms with Crippen molar-refractivity contribution in [3.8, 4) is 0 Å². The fourth-order valence-corrected chi connectivity index (χ4v) is 5.71. The SMILES string of the molecule is Cc1ccc[cH-]1.Cc1ccc[cH-]1.Cc1ccc[cH-]1.Cc1ccc[cH-]1.F[P-](F)(F)(F)(F)F.O=[N+]([O-])O.[C-]#N.[C-]#N.[C-]#N.[C-]#N.[C-]#[N+]c1c(C)cccc1C.[C-]#[N+]c1c(C)cccc1C.[C-]#[N+]c1ccc(C)cc1C.[C-]#[N+]c1ccc(C)cc1C.[Mn+2].[Mn+2].[Mn+2].[Mn+2].[Mn].[N-]=O.[N-]=O.[N-]=O.[N-]=O. The number of benzene rings is 4. The number of hydrogen-bond acceptors (Lipinski definition) is 10.